The van der Waals surface area contributed by atoms with Crippen molar-refractivity contribution in [2.75, 3.05) is 40.3 Å². The predicted octanol–water partition coefficient (Wildman–Crippen LogP) is 5.15. The lowest BCUT2D eigenvalue weighted by Gasteiger charge is -2.26. The highest BCUT2D eigenvalue weighted by Gasteiger charge is 2.18. The van der Waals surface area contributed by atoms with Crippen LogP contribution >= 0.6 is 11.3 Å². The van der Waals surface area contributed by atoms with Crippen LogP contribution in [0.1, 0.15) is 44.0 Å². The monoisotopic (exact) mass is 520 g/mol. The zero-order chi connectivity index (χ0) is 26.4. The Morgan fingerprint density at radius 2 is 1.95 bits per heavy atom. The fraction of sp³-hybridized carbons (Fsp3) is 0.429. The molecular weight excluding hydrogens is 484 g/mol. The van der Waals surface area contributed by atoms with Crippen molar-refractivity contribution in [3.05, 3.63) is 53.7 Å². The normalized spacial score (nSPS) is 12.5. The van der Waals surface area contributed by atoms with Gasteiger partial charge in [-0.1, -0.05) is 19.9 Å². The van der Waals surface area contributed by atoms with Crippen LogP contribution in [0.5, 0.6) is 5.88 Å². The van der Waals surface area contributed by atoms with Crippen molar-refractivity contribution < 1.29 is 9.53 Å². The number of hydrogen-bond donors (Lipinski definition) is 0. The molecule has 0 aromatic carbocycles. The Labute approximate surface area is 222 Å². The Kier molecular flexibility index (Phi) is 9.02. The van der Waals surface area contributed by atoms with Crippen LogP contribution in [0, 0.1) is 0 Å². The molecule has 0 bridgehead atoms. The summed E-state index contributed by atoms with van der Waals surface area (Å²) in [6, 6.07) is 9.97. The molecule has 1 atom stereocenters. The van der Waals surface area contributed by atoms with Crippen LogP contribution in [0.2, 0.25) is 0 Å². The minimum atomic E-state index is 0.0869. The van der Waals surface area contributed by atoms with Crippen LogP contribution in [0.25, 0.3) is 27.5 Å². The van der Waals surface area contributed by atoms with Gasteiger partial charge in [0.25, 0.3) is 0 Å². The van der Waals surface area contributed by atoms with Gasteiger partial charge >= 0.3 is 0 Å². The van der Waals surface area contributed by atoms with Crippen molar-refractivity contribution in [1.29, 1.82) is 0 Å². The van der Waals surface area contributed by atoms with Crippen molar-refractivity contribution >= 4 is 22.8 Å². The molecule has 0 unspecified atom stereocenters. The number of carbonyl (C=O) groups excluding carboxylic acids is 1. The molecule has 0 aliphatic carbocycles. The number of pyridine rings is 1. The zero-order valence-corrected chi connectivity index (χ0v) is 23.2. The standard InChI is InChI=1S/C28H36N6O2S/c1-6-33(7-2)20(3)10-11-25(35)21-17-24(30-27(18-21)36-15-14-32(4)5)22-19-29-34-13-12-23(31-28(22)34)26-9-8-16-37-26/h8-9,12-13,16-20H,6-7,10-11,14-15H2,1-5H3/t20-/m0/s1. The topological polar surface area (TPSA) is 75.9 Å². The minimum absolute atomic E-state index is 0.0869. The summed E-state index contributed by atoms with van der Waals surface area (Å²) in [5.41, 5.74) is 3.57. The number of aromatic nitrogens is 4. The van der Waals surface area contributed by atoms with E-state index >= 15 is 0 Å². The van der Waals surface area contributed by atoms with Crippen molar-refractivity contribution in [2.24, 2.45) is 0 Å². The number of carbonyl (C=O) groups is 1. The second-order valence-corrected chi connectivity index (χ2v) is 10.3. The van der Waals surface area contributed by atoms with Gasteiger partial charge in [-0.15, -0.1) is 11.3 Å². The SMILES string of the molecule is CCN(CC)[C@@H](C)CCC(=O)c1cc(OCCN(C)C)nc(-c2cnn3ccc(-c4cccs4)nc23)c1. The van der Waals surface area contributed by atoms with Gasteiger partial charge in [0.15, 0.2) is 11.4 Å². The molecule has 196 valence electrons. The third-order valence-electron chi connectivity index (χ3n) is 6.56. The van der Waals surface area contributed by atoms with Crippen LogP contribution in [-0.2, 0) is 0 Å². The zero-order valence-electron chi connectivity index (χ0n) is 22.3. The van der Waals surface area contributed by atoms with Gasteiger partial charge < -0.3 is 14.5 Å². The number of fused-ring (bicyclic) bond motifs is 1. The quantitative estimate of drug-likeness (QED) is 0.226. The highest BCUT2D eigenvalue weighted by Crippen LogP contribution is 2.29. The van der Waals surface area contributed by atoms with Gasteiger partial charge in [0.05, 0.1) is 28.0 Å². The number of hydrogen-bond acceptors (Lipinski definition) is 8. The first-order valence-electron chi connectivity index (χ1n) is 12.8. The fourth-order valence-corrected chi connectivity index (χ4v) is 5.03. The summed E-state index contributed by atoms with van der Waals surface area (Å²) in [5.74, 6) is 0.525. The Morgan fingerprint density at radius 3 is 2.65 bits per heavy atom. The van der Waals surface area contributed by atoms with Crippen molar-refractivity contribution in [2.45, 2.75) is 39.7 Å². The summed E-state index contributed by atoms with van der Waals surface area (Å²) in [4.78, 5) is 28.5. The molecule has 37 heavy (non-hydrogen) atoms. The first-order chi connectivity index (χ1) is 17.9. The summed E-state index contributed by atoms with van der Waals surface area (Å²) in [5, 5.41) is 6.52. The molecule has 0 fully saturated rings. The van der Waals surface area contributed by atoms with E-state index in [0.29, 0.717) is 41.9 Å². The van der Waals surface area contributed by atoms with Gasteiger partial charge in [0, 0.05) is 36.8 Å². The van der Waals surface area contributed by atoms with Gasteiger partial charge in [-0.2, -0.15) is 5.10 Å². The average Bonchev–Trinajstić information content (AvgIpc) is 3.57. The smallest absolute Gasteiger partial charge is 0.214 e. The first-order valence-corrected chi connectivity index (χ1v) is 13.7. The molecule has 4 aromatic heterocycles. The molecule has 0 saturated heterocycles. The predicted molar refractivity (Wildman–Crippen MR) is 150 cm³/mol. The van der Waals surface area contributed by atoms with E-state index in [-0.39, 0.29) is 5.78 Å². The number of Topliss-reactive ketones (excluding diaryl/α,β-unsaturated/α-hetero) is 1. The van der Waals surface area contributed by atoms with E-state index in [1.807, 2.05) is 54.8 Å². The number of thiophene rings is 1. The first kappa shape index (κ1) is 26.9. The summed E-state index contributed by atoms with van der Waals surface area (Å²) >= 11 is 1.64. The Balaban J connectivity index is 1.66. The lowest BCUT2D eigenvalue weighted by molar-refractivity contribution is 0.0963. The minimum Gasteiger partial charge on any atom is -0.476 e. The van der Waals surface area contributed by atoms with Gasteiger partial charge in [-0.3, -0.25) is 4.79 Å². The highest BCUT2D eigenvalue weighted by molar-refractivity contribution is 7.13. The number of nitrogens with zero attached hydrogens (tertiary/aromatic N) is 6. The van der Waals surface area contributed by atoms with Crippen LogP contribution < -0.4 is 4.74 Å². The van der Waals surface area contributed by atoms with Crippen LogP contribution in [0.15, 0.2) is 48.1 Å². The molecular formula is C28H36N6O2S. The number of ketones is 1. The summed E-state index contributed by atoms with van der Waals surface area (Å²) < 4.78 is 7.72. The third-order valence-corrected chi connectivity index (χ3v) is 7.45. The molecule has 9 heteroatoms. The van der Waals surface area contributed by atoms with Crippen molar-refractivity contribution in [3.8, 4) is 27.7 Å². The van der Waals surface area contributed by atoms with Crippen molar-refractivity contribution in [1.82, 2.24) is 29.4 Å². The van der Waals surface area contributed by atoms with E-state index in [4.69, 9.17) is 14.7 Å². The molecule has 0 saturated carbocycles. The van der Waals surface area contributed by atoms with E-state index < -0.39 is 0 Å². The van der Waals surface area contributed by atoms with Gasteiger partial charge in [-0.05, 0) is 64.1 Å². The van der Waals surface area contributed by atoms with Gasteiger partial charge in [-0.25, -0.2) is 14.5 Å². The molecule has 0 amide bonds. The summed E-state index contributed by atoms with van der Waals surface area (Å²) in [6.45, 7) is 9.67. The van der Waals surface area contributed by atoms with Crippen LogP contribution in [0.3, 0.4) is 0 Å². The lowest BCUT2D eigenvalue weighted by atomic mass is 10.0. The Hall–Kier alpha value is -3.14. The number of rotatable bonds is 13. The van der Waals surface area contributed by atoms with Gasteiger partial charge in [0.1, 0.15) is 6.61 Å². The molecule has 4 heterocycles. The lowest BCUT2D eigenvalue weighted by Crippen LogP contribution is -2.33. The maximum atomic E-state index is 13.3. The molecule has 4 rings (SSSR count). The average molecular weight is 521 g/mol. The van der Waals surface area contributed by atoms with Crippen LogP contribution in [-0.4, -0.2) is 81.5 Å². The molecule has 4 aromatic rings. The van der Waals surface area contributed by atoms with E-state index in [1.54, 1.807) is 28.1 Å². The third kappa shape index (κ3) is 6.60. The van der Waals surface area contributed by atoms with Gasteiger partial charge in [0.2, 0.25) is 5.88 Å². The second-order valence-electron chi connectivity index (χ2n) is 9.38. The molecule has 0 spiro atoms. The van der Waals surface area contributed by atoms with Crippen molar-refractivity contribution in [3.63, 3.8) is 0 Å². The molecule has 0 aliphatic heterocycles. The Bertz CT molecular complexity index is 1310. The van der Waals surface area contributed by atoms with Crippen LogP contribution in [0.4, 0.5) is 0 Å². The Morgan fingerprint density at radius 1 is 1.14 bits per heavy atom. The molecule has 0 N–H and O–H groups in total. The van der Waals surface area contributed by atoms with E-state index in [0.717, 1.165) is 42.2 Å². The molecule has 8 nitrogen and oxygen atoms in total. The maximum Gasteiger partial charge on any atom is 0.214 e. The number of likely N-dealkylation sites (N-methyl/N-ethyl adjacent to an activating group) is 1. The fourth-order valence-electron chi connectivity index (χ4n) is 4.34. The molecule has 0 aliphatic rings. The van der Waals surface area contributed by atoms with E-state index in [2.05, 4.69) is 30.8 Å². The van der Waals surface area contributed by atoms with E-state index in [9.17, 15) is 4.79 Å². The molecule has 0 radical (unpaired) electrons. The van der Waals surface area contributed by atoms with E-state index in [1.165, 1.54) is 0 Å². The summed E-state index contributed by atoms with van der Waals surface area (Å²) in [7, 11) is 3.99. The largest absolute Gasteiger partial charge is 0.476 e. The number of ether oxygens (including phenoxy) is 1. The summed E-state index contributed by atoms with van der Waals surface area (Å²) in [6.07, 6.45) is 4.92. The maximum absolute atomic E-state index is 13.3. The highest BCUT2D eigenvalue weighted by atomic mass is 32.1. The second kappa shape index (κ2) is 12.4.